The molecule has 0 aliphatic rings. The molecule has 0 radical (unpaired) electrons. The molecule has 0 saturated carbocycles. The fraction of sp³-hybridized carbons (Fsp3) is 0.538. The highest BCUT2D eigenvalue weighted by Gasteiger charge is 2.50. The molecule has 9 heteroatoms. The van der Waals surface area contributed by atoms with Crippen molar-refractivity contribution in [2.45, 2.75) is 31.1 Å². The summed E-state index contributed by atoms with van der Waals surface area (Å²) in [6, 6.07) is 0. The molecule has 0 saturated heterocycles. The first-order valence-electron chi connectivity index (χ1n) is 6.28. The Morgan fingerprint density at radius 3 is 2.23 bits per heavy atom. The lowest BCUT2D eigenvalue weighted by molar-refractivity contribution is -0.165. The molecule has 1 rings (SSSR count). The van der Waals surface area contributed by atoms with E-state index in [0.29, 0.717) is 22.3 Å². The minimum atomic E-state index is -2.00. The molecular weight excluding hydrogens is 360 g/mol. The third kappa shape index (κ3) is 3.46. The second-order valence-electron chi connectivity index (χ2n) is 4.54. The Morgan fingerprint density at radius 1 is 1.27 bits per heavy atom. The van der Waals surface area contributed by atoms with E-state index in [1.807, 2.05) is 0 Å². The van der Waals surface area contributed by atoms with E-state index in [9.17, 15) is 14.4 Å². The molecule has 1 amide bonds. The van der Waals surface area contributed by atoms with Crippen molar-refractivity contribution in [3.05, 3.63) is 17.0 Å². The van der Waals surface area contributed by atoms with E-state index in [4.69, 9.17) is 4.52 Å². The number of methoxy groups -OCH3 is 2. The Labute approximate surface area is 135 Å². The first-order valence-corrected chi connectivity index (χ1v) is 7.40. The predicted molar refractivity (Wildman–Crippen MR) is 78.2 cm³/mol. The number of carbonyl (C=O) groups is 3. The number of ether oxygens (including phenoxy) is 2. The molecule has 122 valence electrons. The van der Waals surface area contributed by atoms with Crippen molar-refractivity contribution in [3.63, 3.8) is 0 Å². The maximum Gasteiger partial charge on any atom is 0.343 e. The van der Waals surface area contributed by atoms with Gasteiger partial charge in [-0.15, -0.1) is 0 Å². The van der Waals surface area contributed by atoms with Crippen LogP contribution in [0.1, 0.15) is 23.9 Å². The number of rotatable bonds is 6. The third-order valence-corrected chi connectivity index (χ3v) is 3.62. The fourth-order valence-electron chi connectivity index (χ4n) is 2.06. The van der Waals surface area contributed by atoms with Gasteiger partial charge >= 0.3 is 11.9 Å². The van der Waals surface area contributed by atoms with Crippen LogP contribution in [-0.2, 0) is 35.6 Å². The normalized spacial score (nSPS) is 11.0. The van der Waals surface area contributed by atoms with Crippen molar-refractivity contribution in [3.8, 4) is 0 Å². The average Bonchev–Trinajstić information content (AvgIpc) is 2.84. The van der Waals surface area contributed by atoms with Gasteiger partial charge in [0.2, 0.25) is 11.4 Å². The first-order chi connectivity index (χ1) is 10.3. The lowest BCUT2D eigenvalue weighted by Crippen LogP contribution is -2.62. The van der Waals surface area contributed by atoms with Gasteiger partial charge in [0.25, 0.3) is 0 Å². The zero-order chi connectivity index (χ0) is 16.9. The van der Waals surface area contributed by atoms with Crippen LogP contribution in [-0.4, -0.2) is 42.8 Å². The maximum atomic E-state index is 12.2. The Kier molecular flexibility index (Phi) is 6.10. The topological polar surface area (TPSA) is 108 Å². The van der Waals surface area contributed by atoms with Gasteiger partial charge in [0, 0.05) is 24.2 Å². The number of amides is 1. The number of halogens is 1. The lowest BCUT2D eigenvalue weighted by atomic mass is 9.89. The van der Waals surface area contributed by atoms with Gasteiger partial charge in [-0.3, -0.25) is 4.79 Å². The summed E-state index contributed by atoms with van der Waals surface area (Å²) >= 11 is 3.25. The molecule has 1 N–H and O–H groups in total. The van der Waals surface area contributed by atoms with Gasteiger partial charge in [-0.2, -0.15) is 0 Å². The molecule has 1 heterocycles. The summed E-state index contributed by atoms with van der Waals surface area (Å²) in [4.78, 5) is 35.9. The molecule has 0 aromatic carbocycles. The molecule has 0 atom stereocenters. The Hall–Kier alpha value is -1.90. The molecule has 0 unspecified atom stereocenters. The summed E-state index contributed by atoms with van der Waals surface area (Å²) in [7, 11) is 2.24. The van der Waals surface area contributed by atoms with E-state index < -0.39 is 23.4 Å². The van der Waals surface area contributed by atoms with Crippen molar-refractivity contribution in [1.29, 1.82) is 0 Å². The number of carbonyl (C=O) groups excluding carboxylic acids is 3. The van der Waals surface area contributed by atoms with Crippen molar-refractivity contribution in [2.75, 3.05) is 14.2 Å². The number of nitrogens with one attached hydrogen (secondary N) is 1. The number of nitrogens with zero attached hydrogens (tertiary/aromatic N) is 1. The minimum Gasteiger partial charge on any atom is -0.467 e. The summed E-state index contributed by atoms with van der Waals surface area (Å²) in [6.45, 7) is 2.83. The van der Waals surface area contributed by atoms with E-state index in [1.54, 1.807) is 6.92 Å². The Morgan fingerprint density at radius 2 is 1.82 bits per heavy atom. The number of alkyl halides is 1. The molecule has 0 aliphatic carbocycles. The SMILES string of the molecule is COC(=O)C(Cc1c(CBr)noc1C)(NC(C)=O)C(=O)OC. The third-order valence-electron chi connectivity index (χ3n) is 3.09. The molecule has 0 fully saturated rings. The van der Waals surface area contributed by atoms with Gasteiger partial charge in [-0.05, 0) is 6.92 Å². The van der Waals surface area contributed by atoms with Crippen LogP contribution in [0.4, 0.5) is 0 Å². The highest BCUT2D eigenvalue weighted by Crippen LogP contribution is 2.24. The van der Waals surface area contributed by atoms with E-state index in [0.717, 1.165) is 14.2 Å². The average molecular weight is 377 g/mol. The van der Waals surface area contributed by atoms with Crippen molar-refractivity contribution in [2.24, 2.45) is 0 Å². The standard InChI is InChI=1S/C13H17BrN2O6/c1-7-9(10(6-14)16-22-7)5-13(11(18)20-3,12(19)21-4)15-8(2)17/h5-6H2,1-4H3,(H,15,17). The van der Waals surface area contributed by atoms with E-state index >= 15 is 0 Å². The van der Waals surface area contributed by atoms with Gasteiger partial charge in [-0.25, -0.2) is 9.59 Å². The minimum absolute atomic E-state index is 0.192. The van der Waals surface area contributed by atoms with Crippen LogP contribution in [0.15, 0.2) is 4.52 Å². The zero-order valence-electron chi connectivity index (χ0n) is 12.7. The van der Waals surface area contributed by atoms with Gasteiger partial charge in [0.1, 0.15) is 5.76 Å². The van der Waals surface area contributed by atoms with Crippen LogP contribution in [0.25, 0.3) is 0 Å². The number of hydrogen-bond donors (Lipinski definition) is 1. The molecule has 0 bridgehead atoms. The summed E-state index contributed by atoms with van der Waals surface area (Å²) in [5.41, 5.74) is -0.968. The molecule has 8 nitrogen and oxygen atoms in total. The highest BCUT2D eigenvalue weighted by molar-refractivity contribution is 9.08. The molecule has 22 heavy (non-hydrogen) atoms. The molecule has 0 spiro atoms. The summed E-state index contributed by atoms with van der Waals surface area (Å²) in [5.74, 6) is -2.02. The molecule has 1 aromatic heterocycles. The van der Waals surface area contributed by atoms with Crippen LogP contribution in [0.3, 0.4) is 0 Å². The summed E-state index contributed by atoms with van der Waals surface area (Å²) in [6.07, 6.45) is -0.192. The van der Waals surface area contributed by atoms with Gasteiger partial charge in [-0.1, -0.05) is 21.1 Å². The quantitative estimate of drug-likeness (QED) is 0.440. The number of aromatic nitrogens is 1. The maximum absolute atomic E-state index is 12.2. The predicted octanol–water partition coefficient (Wildman–Crippen LogP) is 0.641. The first kappa shape index (κ1) is 18.1. The molecule has 1 aromatic rings. The largest absolute Gasteiger partial charge is 0.467 e. The van der Waals surface area contributed by atoms with Gasteiger partial charge in [0.05, 0.1) is 19.9 Å². The van der Waals surface area contributed by atoms with Crippen LogP contribution in [0.2, 0.25) is 0 Å². The van der Waals surface area contributed by atoms with Crippen molar-refractivity contribution in [1.82, 2.24) is 10.5 Å². The van der Waals surface area contributed by atoms with E-state index in [2.05, 4.69) is 35.9 Å². The van der Waals surface area contributed by atoms with E-state index in [-0.39, 0.29) is 6.42 Å². The smallest absolute Gasteiger partial charge is 0.343 e. The van der Waals surface area contributed by atoms with Crippen LogP contribution in [0.5, 0.6) is 0 Å². The number of hydrogen-bond acceptors (Lipinski definition) is 7. The molecular formula is C13H17BrN2O6. The van der Waals surface area contributed by atoms with Crippen molar-refractivity contribution < 1.29 is 28.4 Å². The van der Waals surface area contributed by atoms with E-state index in [1.165, 1.54) is 6.92 Å². The zero-order valence-corrected chi connectivity index (χ0v) is 14.3. The summed E-state index contributed by atoms with van der Waals surface area (Å²) < 4.78 is 14.4. The molecule has 0 aliphatic heterocycles. The Balaban J connectivity index is 3.40. The summed E-state index contributed by atoms with van der Waals surface area (Å²) in [5, 5.41) is 6.53. The van der Waals surface area contributed by atoms with Gasteiger partial charge < -0.3 is 19.3 Å². The van der Waals surface area contributed by atoms with Crippen molar-refractivity contribution >= 4 is 33.8 Å². The van der Waals surface area contributed by atoms with Crippen LogP contribution < -0.4 is 5.32 Å². The second kappa shape index (κ2) is 7.39. The lowest BCUT2D eigenvalue weighted by Gasteiger charge is -2.28. The monoisotopic (exact) mass is 376 g/mol. The number of aryl methyl sites for hydroxylation is 1. The van der Waals surface area contributed by atoms with Gasteiger partial charge in [0.15, 0.2) is 0 Å². The van der Waals surface area contributed by atoms with Crippen LogP contribution >= 0.6 is 15.9 Å². The Bertz CT molecular complexity index is 567. The fourth-order valence-corrected chi connectivity index (χ4v) is 2.50. The highest BCUT2D eigenvalue weighted by atomic mass is 79.9. The second-order valence-corrected chi connectivity index (χ2v) is 5.10. The van der Waals surface area contributed by atoms with Crippen LogP contribution in [0, 0.1) is 6.92 Å². The number of esters is 2.